The number of benzene rings is 8. The summed E-state index contributed by atoms with van der Waals surface area (Å²) in [6, 6.07) is 64.7. The van der Waals surface area contributed by atoms with Crippen molar-refractivity contribution in [2.75, 3.05) is 13.2 Å². The van der Waals surface area contributed by atoms with Crippen LogP contribution in [0.2, 0.25) is 0 Å². The van der Waals surface area contributed by atoms with E-state index in [1.807, 2.05) is 0 Å². The molecule has 2 aliphatic carbocycles. The van der Waals surface area contributed by atoms with Crippen molar-refractivity contribution >= 4 is 59.5 Å². The molecule has 0 saturated carbocycles. The fourth-order valence-electron chi connectivity index (χ4n) is 11.6. The van der Waals surface area contributed by atoms with Gasteiger partial charge in [-0.25, -0.2) is 0 Å². The summed E-state index contributed by atoms with van der Waals surface area (Å²) in [6.07, 6.45) is 8.96. The van der Waals surface area contributed by atoms with E-state index in [-0.39, 0.29) is 0 Å². The molecule has 2 heterocycles. The van der Waals surface area contributed by atoms with Gasteiger partial charge in [0.1, 0.15) is 11.5 Å². The summed E-state index contributed by atoms with van der Waals surface area (Å²) in [4.78, 5) is 0. The quantitative estimate of drug-likeness (QED) is 0.0904. The van der Waals surface area contributed by atoms with Crippen molar-refractivity contribution in [2.45, 2.75) is 69.9 Å². The minimum absolute atomic E-state index is 0.426. The van der Waals surface area contributed by atoms with Gasteiger partial charge in [0, 0.05) is 61.2 Å². The van der Waals surface area contributed by atoms with E-state index in [1.54, 1.807) is 0 Å². The van der Waals surface area contributed by atoms with Gasteiger partial charge in [-0.2, -0.15) is 0 Å². The summed E-state index contributed by atoms with van der Waals surface area (Å²) < 4.78 is 19.3. The van der Waals surface area contributed by atoms with Crippen molar-refractivity contribution in [2.24, 2.45) is 0 Å². The second-order valence-corrected chi connectivity index (χ2v) is 19.2. The monoisotopic (exact) mass is 924 g/mol. The first-order valence-corrected chi connectivity index (χ1v) is 24.8. The van der Waals surface area contributed by atoms with Crippen molar-refractivity contribution < 1.29 is 9.47 Å². The largest absolute Gasteiger partial charge is 0.494 e. The smallest absolute Gasteiger partial charge is 0.119 e. The highest BCUT2D eigenvalue weighted by molar-refractivity contribution is 9.10. The minimum atomic E-state index is -0.426. The van der Waals surface area contributed by atoms with Crippen molar-refractivity contribution in [1.82, 2.24) is 9.13 Å². The zero-order valence-corrected chi connectivity index (χ0v) is 38.9. The van der Waals surface area contributed by atoms with Crippen LogP contribution in [-0.2, 0) is 18.5 Å². The SMILES string of the molecule is Brc1ccc2c(c1)C1(c3ccccc3-2)c2ccc(OCCCCCCn3c4ccccc4c4ccccc43)cc2-c2cc(OCCCCCCn3c4ccccc4c4ccccc43)ccc21. The van der Waals surface area contributed by atoms with E-state index in [2.05, 4.69) is 201 Å². The van der Waals surface area contributed by atoms with E-state index in [0.29, 0.717) is 13.2 Å². The molecule has 5 heteroatoms. The topological polar surface area (TPSA) is 28.3 Å². The van der Waals surface area contributed by atoms with Gasteiger partial charge in [0.25, 0.3) is 0 Å². The summed E-state index contributed by atoms with van der Waals surface area (Å²) in [7, 11) is 0. The van der Waals surface area contributed by atoms with Crippen molar-refractivity contribution in [3.63, 3.8) is 0 Å². The predicted molar refractivity (Wildman–Crippen MR) is 277 cm³/mol. The van der Waals surface area contributed by atoms with E-state index in [0.717, 1.165) is 67.6 Å². The van der Waals surface area contributed by atoms with Gasteiger partial charge in [0.2, 0.25) is 0 Å². The molecule has 10 aromatic rings. The third kappa shape index (κ3) is 6.85. The maximum atomic E-state index is 6.59. The Bertz CT molecular complexity index is 3150. The highest BCUT2D eigenvalue weighted by Gasteiger charge is 2.52. The lowest BCUT2D eigenvalue weighted by Crippen LogP contribution is -2.25. The Balaban J connectivity index is 0.737. The lowest BCUT2D eigenvalue weighted by atomic mass is 9.70. The first-order valence-electron chi connectivity index (χ1n) is 24.1. The van der Waals surface area contributed by atoms with Crippen molar-refractivity contribution in [3.05, 3.63) is 203 Å². The highest BCUT2D eigenvalue weighted by Crippen LogP contribution is 2.63. The molecule has 1 spiro atoms. The number of nitrogens with zero attached hydrogens (tertiary/aromatic N) is 2. The van der Waals surface area contributed by atoms with Crippen LogP contribution in [0.1, 0.15) is 73.6 Å². The van der Waals surface area contributed by atoms with Crippen LogP contribution in [0.15, 0.2) is 180 Å². The lowest BCUT2D eigenvalue weighted by molar-refractivity contribution is 0.304. The number of rotatable bonds is 16. The van der Waals surface area contributed by atoms with Crippen molar-refractivity contribution in [1.29, 1.82) is 0 Å². The molecule has 0 radical (unpaired) electrons. The fraction of sp³-hybridized carbons (Fsp3) is 0.213. The first kappa shape index (κ1) is 40.9. The van der Waals surface area contributed by atoms with E-state index >= 15 is 0 Å². The summed E-state index contributed by atoms with van der Waals surface area (Å²) in [6.45, 7) is 3.46. The molecule has 0 amide bonds. The molecule has 4 nitrogen and oxygen atoms in total. The molecule has 12 rings (SSSR count). The number of aromatic nitrogens is 2. The number of ether oxygens (including phenoxy) is 2. The minimum Gasteiger partial charge on any atom is -0.494 e. The standard InChI is InChI=1S/C61H53BrN2O2/c62-42-29-32-46-45-19-5-10-24-53(45)61(56(46)39-42)54-33-30-43(65-37-17-3-1-15-35-63-57-25-11-6-20-47(57)48-21-7-12-26-58(48)63)40-51(54)52-41-44(31-34-55(52)61)66-38-18-4-2-16-36-64-59-27-13-8-22-49(59)50-23-9-14-28-60(50)64/h5-14,19-34,39-41H,1-4,15-18,35-38H2. The molecule has 0 N–H and O–H groups in total. The molecule has 0 saturated heterocycles. The van der Waals surface area contributed by atoms with Gasteiger partial charge in [-0.05, 0) is 131 Å². The van der Waals surface area contributed by atoms with Crippen LogP contribution in [-0.4, -0.2) is 22.3 Å². The summed E-state index contributed by atoms with van der Waals surface area (Å²) >= 11 is 3.86. The van der Waals surface area contributed by atoms with Crippen LogP contribution >= 0.6 is 15.9 Å². The Hall–Kier alpha value is -6.56. The maximum Gasteiger partial charge on any atom is 0.119 e. The Morgan fingerprint density at radius 1 is 0.348 bits per heavy atom. The summed E-state index contributed by atoms with van der Waals surface area (Å²) in [5.41, 5.74) is 15.2. The van der Waals surface area contributed by atoms with Crippen LogP contribution in [0.4, 0.5) is 0 Å². The number of fused-ring (bicyclic) bond motifs is 16. The maximum absolute atomic E-state index is 6.59. The molecule has 0 aliphatic heterocycles. The average Bonchev–Trinajstić information content (AvgIpc) is 4.05. The van der Waals surface area contributed by atoms with Gasteiger partial charge >= 0.3 is 0 Å². The van der Waals surface area contributed by atoms with Crippen LogP contribution in [0.25, 0.3) is 65.9 Å². The Morgan fingerprint density at radius 3 is 1.26 bits per heavy atom. The number of aryl methyl sites for hydroxylation is 2. The van der Waals surface area contributed by atoms with Gasteiger partial charge in [-0.1, -0.05) is 157 Å². The third-order valence-electron chi connectivity index (χ3n) is 14.5. The number of hydrogen-bond acceptors (Lipinski definition) is 2. The van der Waals surface area contributed by atoms with Crippen LogP contribution in [0, 0.1) is 0 Å². The molecular weight excluding hydrogens is 873 g/mol. The van der Waals surface area contributed by atoms with E-state index in [1.165, 1.54) is 101 Å². The fourth-order valence-corrected chi connectivity index (χ4v) is 12.0. The van der Waals surface area contributed by atoms with Gasteiger partial charge < -0.3 is 18.6 Å². The Labute approximate surface area is 395 Å². The summed E-state index contributed by atoms with van der Waals surface area (Å²) in [5, 5.41) is 5.37. The van der Waals surface area contributed by atoms with Gasteiger partial charge in [-0.15, -0.1) is 0 Å². The van der Waals surface area contributed by atoms with Gasteiger partial charge in [-0.3, -0.25) is 0 Å². The average molecular weight is 926 g/mol. The molecule has 2 aromatic heterocycles. The van der Waals surface area contributed by atoms with E-state index in [4.69, 9.17) is 9.47 Å². The first-order chi connectivity index (χ1) is 32.7. The van der Waals surface area contributed by atoms with Gasteiger partial charge in [0.05, 0.1) is 18.6 Å². The Morgan fingerprint density at radius 2 is 0.758 bits per heavy atom. The molecule has 66 heavy (non-hydrogen) atoms. The number of para-hydroxylation sites is 4. The summed E-state index contributed by atoms with van der Waals surface area (Å²) in [5.74, 6) is 1.85. The third-order valence-corrected chi connectivity index (χ3v) is 15.0. The second-order valence-electron chi connectivity index (χ2n) is 18.3. The highest BCUT2D eigenvalue weighted by atomic mass is 79.9. The molecule has 0 unspecified atom stereocenters. The van der Waals surface area contributed by atoms with Crippen molar-refractivity contribution in [3.8, 4) is 33.8 Å². The predicted octanol–water partition coefficient (Wildman–Crippen LogP) is 16.3. The normalized spacial score (nSPS) is 13.2. The molecule has 0 bridgehead atoms. The zero-order chi connectivity index (χ0) is 44.0. The Kier molecular flexibility index (Phi) is 10.8. The molecule has 0 fully saturated rings. The molecule has 326 valence electrons. The van der Waals surface area contributed by atoms with E-state index in [9.17, 15) is 0 Å². The molecule has 2 aliphatic rings. The van der Waals surface area contributed by atoms with Gasteiger partial charge in [0.15, 0.2) is 0 Å². The van der Waals surface area contributed by atoms with Crippen LogP contribution < -0.4 is 9.47 Å². The zero-order valence-electron chi connectivity index (χ0n) is 37.3. The van der Waals surface area contributed by atoms with Crippen LogP contribution in [0.3, 0.4) is 0 Å². The second kappa shape index (κ2) is 17.3. The van der Waals surface area contributed by atoms with E-state index < -0.39 is 5.41 Å². The number of hydrogen-bond donors (Lipinski definition) is 0. The lowest BCUT2D eigenvalue weighted by Gasteiger charge is -2.30. The molecular formula is C61H53BrN2O2. The molecule has 8 aromatic carbocycles. The number of unbranched alkanes of at least 4 members (excludes halogenated alkanes) is 6. The number of halogens is 1. The van der Waals surface area contributed by atoms with Crippen LogP contribution in [0.5, 0.6) is 11.5 Å². The molecule has 0 atom stereocenters.